The van der Waals surface area contributed by atoms with Gasteiger partial charge in [-0.15, -0.1) is 0 Å². The lowest BCUT2D eigenvalue weighted by Gasteiger charge is -2.12. The molecule has 0 saturated heterocycles. The molecular formula is C26H25N3O4. The van der Waals surface area contributed by atoms with E-state index in [4.69, 9.17) is 13.9 Å². The minimum atomic E-state index is -0.243. The predicted octanol–water partition coefficient (Wildman–Crippen LogP) is 4.67. The van der Waals surface area contributed by atoms with Gasteiger partial charge in [-0.1, -0.05) is 48.0 Å². The van der Waals surface area contributed by atoms with Crippen molar-refractivity contribution >= 4 is 5.91 Å². The van der Waals surface area contributed by atoms with Crippen molar-refractivity contribution in [1.29, 1.82) is 0 Å². The van der Waals surface area contributed by atoms with Crippen molar-refractivity contribution in [1.82, 2.24) is 15.3 Å². The predicted molar refractivity (Wildman–Crippen MR) is 125 cm³/mol. The van der Waals surface area contributed by atoms with Crippen LogP contribution in [0.25, 0.3) is 22.8 Å². The van der Waals surface area contributed by atoms with Gasteiger partial charge in [0.2, 0.25) is 11.8 Å². The van der Waals surface area contributed by atoms with Crippen LogP contribution in [0.5, 0.6) is 5.88 Å². The largest absolute Gasteiger partial charge is 0.475 e. The number of methoxy groups -OCH3 is 1. The van der Waals surface area contributed by atoms with E-state index in [2.05, 4.69) is 15.3 Å². The maximum Gasteiger partial charge on any atom is 0.252 e. The molecule has 0 unspecified atom stereocenters. The monoisotopic (exact) mass is 443 g/mol. The van der Waals surface area contributed by atoms with Crippen LogP contribution in [0.4, 0.5) is 0 Å². The molecule has 1 N–H and O–H groups in total. The zero-order chi connectivity index (χ0) is 23.0. The smallest absolute Gasteiger partial charge is 0.252 e. The van der Waals surface area contributed by atoms with Gasteiger partial charge in [-0.25, -0.2) is 9.97 Å². The fraction of sp³-hybridized carbons (Fsp3) is 0.192. The Bertz CT molecular complexity index is 1220. The van der Waals surface area contributed by atoms with E-state index in [-0.39, 0.29) is 12.5 Å². The molecule has 0 bridgehead atoms. The highest BCUT2D eigenvalue weighted by molar-refractivity contribution is 6.00. The Hall–Kier alpha value is -3.97. The van der Waals surface area contributed by atoms with Crippen LogP contribution in [-0.4, -0.2) is 36.2 Å². The number of hydrogen-bond donors (Lipinski definition) is 1. The van der Waals surface area contributed by atoms with Crippen LogP contribution in [0.2, 0.25) is 0 Å². The molecule has 168 valence electrons. The Morgan fingerprint density at radius 1 is 1.00 bits per heavy atom. The molecule has 2 heterocycles. The van der Waals surface area contributed by atoms with Gasteiger partial charge in [-0.05, 0) is 25.1 Å². The molecule has 7 nitrogen and oxygen atoms in total. The number of amides is 1. The summed E-state index contributed by atoms with van der Waals surface area (Å²) in [6.45, 7) is 3.13. The maximum absolute atomic E-state index is 13.0. The van der Waals surface area contributed by atoms with E-state index in [9.17, 15) is 4.79 Å². The van der Waals surface area contributed by atoms with Crippen molar-refractivity contribution in [3.63, 3.8) is 0 Å². The van der Waals surface area contributed by atoms with Crippen molar-refractivity contribution in [2.24, 2.45) is 0 Å². The second-order valence-corrected chi connectivity index (χ2v) is 7.43. The number of benzene rings is 2. The lowest BCUT2D eigenvalue weighted by atomic mass is 10.1. The minimum absolute atomic E-state index is 0.243. The van der Waals surface area contributed by atoms with Gasteiger partial charge in [0.1, 0.15) is 6.61 Å². The van der Waals surface area contributed by atoms with E-state index < -0.39 is 0 Å². The molecule has 0 fully saturated rings. The summed E-state index contributed by atoms with van der Waals surface area (Å²) < 4.78 is 16.7. The molecule has 4 rings (SSSR count). The number of rotatable bonds is 9. The average Bonchev–Trinajstić information content (AvgIpc) is 3.34. The minimum Gasteiger partial charge on any atom is -0.475 e. The van der Waals surface area contributed by atoms with Crippen LogP contribution in [0.3, 0.4) is 0 Å². The molecule has 0 radical (unpaired) electrons. The third-order valence-electron chi connectivity index (χ3n) is 5.06. The summed E-state index contributed by atoms with van der Waals surface area (Å²) in [7, 11) is 1.61. The van der Waals surface area contributed by atoms with Crippen LogP contribution in [0.1, 0.15) is 21.5 Å². The number of nitrogens with zero attached hydrogens (tertiary/aromatic N) is 2. The highest BCUT2D eigenvalue weighted by Crippen LogP contribution is 2.28. The Morgan fingerprint density at radius 3 is 2.64 bits per heavy atom. The van der Waals surface area contributed by atoms with Crippen LogP contribution >= 0.6 is 0 Å². The van der Waals surface area contributed by atoms with Gasteiger partial charge in [0.05, 0.1) is 18.4 Å². The summed E-state index contributed by atoms with van der Waals surface area (Å²) in [4.78, 5) is 21.7. The third kappa shape index (κ3) is 5.45. The molecule has 0 spiro atoms. The van der Waals surface area contributed by atoms with Gasteiger partial charge in [-0.2, -0.15) is 0 Å². The summed E-state index contributed by atoms with van der Waals surface area (Å²) in [6, 6.07) is 18.9. The van der Waals surface area contributed by atoms with Crippen LogP contribution in [0.15, 0.2) is 77.5 Å². The third-order valence-corrected chi connectivity index (χ3v) is 5.06. The second-order valence-electron chi connectivity index (χ2n) is 7.43. The number of carbonyl (C=O) groups is 1. The molecule has 2 aromatic carbocycles. The fourth-order valence-electron chi connectivity index (χ4n) is 3.30. The molecule has 0 aliphatic rings. The summed E-state index contributed by atoms with van der Waals surface area (Å²) in [5, 5.41) is 2.94. The van der Waals surface area contributed by atoms with Gasteiger partial charge in [0.25, 0.3) is 5.91 Å². The number of aryl methyl sites for hydroxylation is 1. The highest BCUT2D eigenvalue weighted by Gasteiger charge is 2.17. The fourth-order valence-corrected chi connectivity index (χ4v) is 3.30. The summed E-state index contributed by atoms with van der Waals surface area (Å²) in [5.41, 5.74) is 3.97. The van der Waals surface area contributed by atoms with Gasteiger partial charge in [-0.3, -0.25) is 4.79 Å². The van der Waals surface area contributed by atoms with E-state index in [1.54, 1.807) is 31.6 Å². The number of nitrogens with one attached hydrogen (secondary N) is 1. The zero-order valence-electron chi connectivity index (χ0n) is 18.6. The van der Waals surface area contributed by atoms with Crippen molar-refractivity contribution in [3.8, 4) is 28.7 Å². The van der Waals surface area contributed by atoms with E-state index >= 15 is 0 Å². The Balaban J connectivity index is 1.50. The van der Waals surface area contributed by atoms with Crippen molar-refractivity contribution in [2.45, 2.75) is 13.5 Å². The normalized spacial score (nSPS) is 10.7. The Labute approximate surface area is 192 Å². The van der Waals surface area contributed by atoms with Crippen LogP contribution in [-0.2, 0) is 11.3 Å². The number of oxazole rings is 1. The topological polar surface area (TPSA) is 86.5 Å². The maximum atomic E-state index is 13.0. The molecule has 4 aromatic rings. The lowest BCUT2D eigenvalue weighted by molar-refractivity contribution is 0.0950. The van der Waals surface area contributed by atoms with Crippen molar-refractivity contribution < 1.29 is 18.7 Å². The molecule has 2 aromatic heterocycles. The van der Waals surface area contributed by atoms with Crippen LogP contribution < -0.4 is 10.1 Å². The number of ether oxygens (including phenoxy) is 2. The molecule has 0 aliphatic carbocycles. The molecule has 0 atom stereocenters. The number of pyridine rings is 1. The summed E-state index contributed by atoms with van der Waals surface area (Å²) in [6.07, 6.45) is 3.32. The Kier molecular flexibility index (Phi) is 7.12. The molecule has 0 aliphatic heterocycles. The van der Waals surface area contributed by atoms with Gasteiger partial charge < -0.3 is 19.2 Å². The summed E-state index contributed by atoms with van der Waals surface area (Å²) >= 11 is 0. The number of carbonyl (C=O) groups excluding carboxylic acids is 1. The van der Waals surface area contributed by atoms with Gasteiger partial charge in [0.15, 0.2) is 5.76 Å². The van der Waals surface area contributed by atoms with Gasteiger partial charge >= 0.3 is 0 Å². The molecular weight excluding hydrogens is 418 g/mol. The molecule has 33 heavy (non-hydrogen) atoms. The van der Waals surface area contributed by atoms with E-state index in [1.807, 2.05) is 55.5 Å². The Morgan fingerprint density at radius 2 is 1.82 bits per heavy atom. The van der Waals surface area contributed by atoms with Crippen LogP contribution in [0, 0.1) is 6.92 Å². The van der Waals surface area contributed by atoms with Gasteiger partial charge in [0, 0.05) is 36.5 Å². The molecule has 1 amide bonds. The second kappa shape index (κ2) is 10.6. The average molecular weight is 444 g/mol. The lowest BCUT2D eigenvalue weighted by Crippen LogP contribution is -2.24. The van der Waals surface area contributed by atoms with E-state index in [1.165, 1.54) is 5.56 Å². The standard InChI is InChI=1S/C26H25N3O4/c1-18-9-11-19(12-10-18)23-17-29-26(33-23)22-8-4-3-7-21(22)24(30)28-16-20-6-5-13-27-25(20)32-15-14-31-2/h3-13,17H,14-16H2,1-2H3,(H,28,30). The van der Waals surface area contributed by atoms with Crippen molar-refractivity contribution in [3.05, 3.63) is 89.7 Å². The SMILES string of the molecule is COCCOc1ncccc1CNC(=O)c1ccccc1-c1ncc(-c2ccc(C)cc2)o1. The van der Waals surface area contributed by atoms with E-state index in [0.717, 1.165) is 11.1 Å². The summed E-state index contributed by atoms with van der Waals surface area (Å²) in [5.74, 6) is 1.26. The first-order chi connectivity index (χ1) is 16.2. The molecule has 0 saturated carbocycles. The number of aromatic nitrogens is 2. The zero-order valence-corrected chi connectivity index (χ0v) is 18.6. The highest BCUT2D eigenvalue weighted by atomic mass is 16.5. The number of hydrogen-bond acceptors (Lipinski definition) is 6. The quantitative estimate of drug-likeness (QED) is 0.379. The first kappa shape index (κ1) is 22.2. The van der Waals surface area contributed by atoms with E-state index in [0.29, 0.717) is 41.9 Å². The first-order valence-corrected chi connectivity index (χ1v) is 10.6. The first-order valence-electron chi connectivity index (χ1n) is 10.6. The van der Waals surface area contributed by atoms with Crippen molar-refractivity contribution in [2.75, 3.05) is 20.3 Å². The molecule has 7 heteroatoms.